The number of nitrogens with zero attached hydrogens (tertiary/aromatic N) is 2. The highest BCUT2D eigenvalue weighted by atomic mass is 16.5. The van der Waals surface area contributed by atoms with E-state index in [1.165, 1.54) is 45.0 Å². The Morgan fingerprint density at radius 2 is 0.846 bits per heavy atom. The number of hydrogen-bond acceptors (Lipinski definition) is 4. The first-order valence-electron chi connectivity index (χ1n) is 18.2. The van der Waals surface area contributed by atoms with E-state index in [9.17, 15) is 5.11 Å². The lowest BCUT2D eigenvalue weighted by atomic mass is 9.73. The SMILES string of the molecule is COc1ccc2c(N3c4ccccc4C(C)(C)c4ccccc43)cc3c(CO)ccc4c(N5c6ccccc6C(C)(C)c6ccccc65)cc1c2c34. The first-order chi connectivity index (χ1) is 25.3. The van der Waals surface area contributed by atoms with Crippen LogP contribution in [0.3, 0.4) is 0 Å². The summed E-state index contributed by atoms with van der Waals surface area (Å²) >= 11 is 0. The minimum atomic E-state index is -0.174. The molecule has 4 nitrogen and oxygen atoms in total. The van der Waals surface area contributed by atoms with Gasteiger partial charge in [0.25, 0.3) is 0 Å². The Morgan fingerprint density at radius 3 is 1.27 bits per heavy atom. The van der Waals surface area contributed by atoms with E-state index >= 15 is 0 Å². The van der Waals surface area contributed by atoms with Gasteiger partial charge in [-0.1, -0.05) is 113 Å². The number of rotatable bonds is 4. The van der Waals surface area contributed by atoms with Crippen LogP contribution in [0.4, 0.5) is 34.1 Å². The van der Waals surface area contributed by atoms with E-state index in [1.807, 2.05) is 0 Å². The number of aliphatic hydroxyl groups excluding tert-OH is 1. The van der Waals surface area contributed by atoms with Crippen molar-refractivity contribution in [2.75, 3.05) is 16.9 Å². The monoisotopic (exact) mass is 676 g/mol. The van der Waals surface area contributed by atoms with Crippen LogP contribution in [0.25, 0.3) is 32.3 Å². The van der Waals surface area contributed by atoms with Gasteiger partial charge in [0.1, 0.15) is 5.75 Å². The molecule has 0 unspecified atom stereocenters. The quantitative estimate of drug-likeness (QED) is 0.188. The van der Waals surface area contributed by atoms with Crippen LogP contribution >= 0.6 is 0 Å². The summed E-state index contributed by atoms with van der Waals surface area (Å²) in [4.78, 5) is 4.88. The Kier molecular flexibility index (Phi) is 6.45. The predicted molar refractivity (Wildman–Crippen MR) is 216 cm³/mol. The van der Waals surface area contributed by atoms with E-state index in [0.29, 0.717) is 0 Å². The van der Waals surface area contributed by atoms with Crippen LogP contribution in [0.2, 0.25) is 0 Å². The maximum Gasteiger partial charge on any atom is 0.126 e. The first kappa shape index (κ1) is 30.9. The molecule has 1 N–H and O–H groups in total. The van der Waals surface area contributed by atoms with E-state index in [2.05, 4.69) is 171 Å². The molecular formula is C48H40N2O2. The number of hydrogen-bond donors (Lipinski definition) is 1. The summed E-state index contributed by atoms with van der Waals surface area (Å²) in [6.45, 7) is 9.22. The van der Waals surface area contributed by atoms with E-state index in [4.69, 9.17) is 4.74 Å². The maximum atomic E-state index is 10.9. The smallest absolute Gasteiger partial charge is 0.126 e. The molecule has 0 bridgehead atoms. The topological polar surface area (TPSA) is 35.9 Å². The fourth-order valence-corrected chi connectivity index (χ4v) is 9.51. The lowest BCUT2D eigenvalue weighted by Crippen LogP contribution is -2.30. The second-order valence-corrected chi connectivity index (χ2v) is 15.4. The molecule has 0 radical (unpaired) electrons. The second kappa shape index (κ2) is 10.8. The van der Waals surface area contributed by atoms with Crippen molar-refractivity contribution < 1.29 is 9.84 Å². The summed E-state index contributed by atoms with van der Waals surface area (Å²) in [5.74, 6) is 0.822. The van der Waals surface area contributed by atoms with Crippen molar-refractivity contribution in [2.45, 2.75) is 45.1 Å². The lowest BCUT2D eigenvalue weighted by Gasteiger charge is -2.43. The van der Waals surface area contributed by atoms with Gasteiger partial charge in [0.05, 0.1) is 47.8 Å². The van der Waals surface area contributed by atoms with Gasteiger partial charge in [0, 0.05) is 37.8 Å². The molecule has 10 rings (SSSR count). The molecule has 8 aromatic carbocycles. The van der Waals surface area contributed by atoms with Crippen LogP contribution in [0, 0.1) is 0 Å². The van der Waals surface area contributed by atoms with E-state index in [0.717, 1.165) is 55.0 Å². The number of aliphatic hydroxyl groups is 1. The van der Waals surface area contributed by atoms with Crippen molar-refractivity contribution >= 4 is 66.4 Å². The van der Waals surface area contributed by atoms with Crippen LogP contribution in [0.15, 0.2) is 133 Å². The van der Waals surface area contributed by atoms with Gasteiger partial charge in [-0.05, 0) is 81.7 Å². The average Bonchev–Trinajstić information content (AvgIpc) is 3.17. The highest BCUT2D eigenvalue weighted by Crippen LogP contribution is 2.58. The molecule has 2 aliphatic heterocycles. The summed E-state index contributed by atoms with van der Waals surface area (Å²) in [6, 6.07) is 48.5. The van der Waals surface area contributed by atoms with E-state index in [1.54, 1.807) is 7.11 Å². The molecule has 0 spiro atoms. The zero-order valence-corrected chi connectivity index (χ0v) is 30.2. The van der Waals surface area contributed by atoms with Gasteiger partial charge in [-0.25, -0.2) is 0 Å². The largest absolute Gasteiger partial charge is 0.496 e. The minimum absolute atomic E-state index is 0.0656. The Balaban J connectivity index is 1.35. The molecule has 4 heteroatoms. The highest BCUT2D eigenvalue weighted by molar-refractivity contribution is 6.31. The fourth-order valence-electron chi connectivity index (χ4n) is 9.51. The van der Waals surface area contributed by atoms with Crippen molar-refractivity contribution in [1.82, 2.24) is 0 Å². The number of ether oxygens (including phenoxy) is 1. The Hall–Kier alpha value is -5.84. The Bertz CT molecular complexity index is 2450. The molecule has 0 saturated heterocycles. The van der Waals surface area contributed by atoms with Crippen molar-refractivity contribution in [3.8, 4) is 5.75 Å². The van der Waals surface area contributed by atoms with E-state index < -0.39 is 0 Å². The zero-order chi connectivity index (χ0) is 35.5. The maximum absolute atomic E-state index is 10.9. The van der Waals surface area contributed by atoms with Gasteiger partial charge >= 0.3 is 0 Å². The number of benzene rings is 8. The third kappa shape index (κ3) is 3.96. The second-order valence-electron chi connectivity index (χ2n) is 15.4. The van der Waals surface area contributed by atoms with Gasteiger partial charge in [0.15, 0.2) is 0 Å². The third-order valence-electron chi connectivity index (χ3n) is 12.1. The molecule has 52 heavy (non-hydrogen) atoms. The normalized spacial score (nSPS) is 15.4. The number of para-hydroxylation sites is 4. The number of fused-ring (bicyclic) bond motifs is 4. The van der Waals surface area contributed by atoms with Gasteiger partial charge in [-0.15, -0.1) is 0 Å². The van der Waals surface area contributed by atoms with Crippen LogP contribution in [0.5, 0.6) is 5.75 Å². The van der Waals surface area contributed by atoms with Crippen molar-refractivity contribution in [3.05, 3.63) is 161 Å². The Labute approximate surface area is 304 Å². The van der Waals surface area contributed by atoms with Gasteiger partial charge in [-0.2, -0.15) is 0 Å². The lowest BCUT2D eigenvalue weighted by molar-refractivity contribution is 0.283. The van der Waals surface area contributed by atoms with E-state index in [-0.39, 0.29) is 17.4 Å². The number of methoxy groups -OCH3 is 1. The molecule has 2 heterocycles. The molecule has 0 atom stereocenters. The summed E-state index contributed by atoms with van der Waals surface area (Å²) < 4.78 is 6.19. The minimum Gasteiger partial charge on any atom is -0.496 e. The van der Waals surface area contributed by atoms with Crippen molar-refractivity contribution in [3.63, 3.8) is 0 Å². The first-order valence-corrected chi connectivity index (χ1v) is 18.2. The highest BCUT2D eigenvalue weighted by Gasteiger charge is 2.39. The predicted octanol–water partition coefficient (Wildman–Crippen LogP) is 12.3. The van der Waals surface area contributed by atoms with Crippen LogP contribution < -0.4 is 14.5 Å². The van der Waals surface area contributed by atoms with Crippen LogP contribution in [-0.4, -0.2) is 12.2 Å². The molecule has 8 aromatic rings. The molecule has 0 aliphatic carbocycles. The summed E-state index contributed by atoms with van der Waals surface area (Å²) in [5, 5.41) is 17.6. The average molecular weight is 677 g/mol. The summed E-state index contributed by atoms with van der Waals surface area (Å²) in [7, 11) is 1.76. The fraction of sp³-hybridized carbons (Fsp3) is 0.167. The third-order valence-corrected chi connectivity index (χ3v) is 12.1. The Morgan fingerprint density at radius 1 is 0.462 bits per heavy atom. The van der Waals surface area contributed by atoms with Gasteiger partial charge < -0.3 is 19.6 Å². The van der Waals surface area contributed by atoms with Crippen molar-refractivity contribution in [1.29, 1.82) is 0 Å². The molecule has 0 fully saturated rings. The molecule has 0 amide bonds. The molecule has 0 saturated carbocycles. The standard InChI is InChI=1S/C48H40N2O2/c1-47(2)34-14-6-10-18-38(34)49(39-19-11-7-15-35(39)47)42-26-32-29(28-51)22-23-30-43(27-33-44(52-5)25-24-31(42)46(33)45(30)32)50-40-20-12-8-16-36(40)48(3,4)37-17-9-13-21-41(37)50/h6-27,51H,28H2,1-5H3. The molecular weight excluding hydrogens is 637 g/mol. The van der Waals surface area contributed by atoms with Crippen LogP contribution in [0.1, 0.15) is 55.5 Å². The molecule has 254 valence electrons. The van der Waals surface area contributed by atoms with Gasteiger partial charge in [-0.3, -0.25) is 0 Å². The summed E-state index contributed by atoms with van der Waals surface area (Å²) in [6.07, 6.45) is 0. The zero-order valence-electron chi connectivity index (χ0n) is 30.2. The molecule has 0 aromatic heterocycles. The number of anilines is 6. The van der Waals surface area contributed by atoms with Gasteiger partial charge in [0.2, 0.25) is 0 Å². The van der Waals surface area contributed by atoms with Crippen LogP contribution in [-0.2, 0) is 17.4 Å². The summed E-state index contributed by atoms with van der Waals surface area (Å²) in [5.41, 5.74) is 12.6. The van der Waals surface area contributed by atoms with Crippen molar-refractivity contribution in [2.24, 2.45) is 0 Å². The molecule has 2 aliphatic rings.